The van der Waals surface area contributed by atoms with Crippen molar-refractivity contribution < 1.29 is 4.74 Å². The lowest BCUT2D eigenvalue weighted by Gasteiger charge is -2.37. The summed E-state index contributed by atoms with van der Waals surface area (Å²) in [6.07, 6.45) is 7.66. The van der Waals surface area contributed by atoms with Crippen LogP contribution in [0.3, 0.4) is 0 Å². The fraction of sp³-hybridized carbons (Fsp3) is 0.455. The molecule has 1 saturated carbocycles. The minimum Gasteiger partial charge on any atom is -0.383 e. The Balaban J connectivity index is 1.32. The highest BCUT2D eigenvalue weighted by Gasteiger charge is 2.31. The third kappa shape index (κ3) is 3.63. The number of benzene rings is 1. The number of hydrogen-bond acceptors (Lipinski definition) is 7. The van der Waals surface area contributed by atoms with Gasteiger partial charge in [0.1, 0.15) is 0 Å². The Morgan fingerprint density at radius 1 is 1.03 bits per heavy atom. The topological polar surface area (TPSA) is 76.4 Å². The predicted octanol–water partition coefficient (Wildman–Crippen LogP) is 2.04. The summed E-state index contributed by atoms with van der Waals surface area (Å²) in [5.41, 5.74) is 2.97. The Hall–Kier alpha value is -3.00. The average Bonchev–Trinajstić information content (AvgIpc) is 3.64. The number of piperazine rings is 1. The number of fused-ring (bicyclic) bond motifs is 1. The molecule has 0 unspecified atom stereocenters. The van der Waals surface area contributed by atoms with Gasteiger partial charge < -0.3 is 14.5 Å². The second-order valence-corrected chi connectivity index (χ2v) is 7.95. The third-order valence-electron chi connectivity index (χ3n) is 5.96. The highest BCUT2D eigenvalue weighted by atomic mass is 16.5. The number of anilines is 2. The number of methoxy groups -OCH3 is 1. The van der Waals surface area contributed by atoms with Crippen LogP contribution in [0.2, 0.25) is 0 Å². The number of ether oxygens (including phenoxy) is 1. The summed E-state index contributed by atoms with van der Waals surface area (Å²) in [5, 5.41) is 0.643. The van der Waals surface area contributed by atoms with Crippen LogP contribution in [0.1, 0.15) is 24.5 Å². The van der Waals surface area contributed by atoms with Crippen LogP contribution < -0.4 is 15.4 Å². The standard InChI is InChI=1S/C22H26N6O2/c1-30-13-12-28-15-25-19-14-17(4-5-18(19)22(28)29)26-8-10-27(11-9-26)21-20(16-2-3-16)23-6-7-24-21/h4-7,14-16H,2-3,8-13H2,1H3. The van der Waals surface area contributed by atoms with E-state index in [2.05, 4.69) is 24.8 Å². The van der Waals surface area contributed by atoms with E-state index < -0.39 is 0 Å². The highest BCUT2D eigenvalue weighted by Crippen LogP contribution is 2.42. The summed E-state index contributed by atoms with van der Waals surface area (Å²) in [4.78, 5) is 31.1. The molecule has 0 bridgehead atoms. The molecule has 156 valence electrons. The largest absolute Gasteiger partial charge is 0.383 e. The molecule has 2 aromatic heterocycles. The second kappa shape index (κ2) is 8.02. The summed E-state index contributed by atoms with van der Waals surface area (Å²) in [6.45, 7) is 4.61. The Morgan fingerprint density at radius 3 is 2.57 bits per heavy atom. The van der Waals surface area contributed by atoms with E-state index in [0.717, 1.165) is 48.9 Å². The molecule has 2 aliphatic rings. The molecule has 0 spiro atoms. The van der Waals surface area contributed by atoms with Gasteiger partial charge in [-0.25, -0.2) is 9.97 Å². The first kappa shape index (κ1) is 19.0. The number of hydrogen-bond donors (Lipinski definition) is 0. The Kier molecular flexibility index (Phi) is 5.08. The highest BCUT2D eigenvalue weighted by molar-refractivity contribution is 5.81. The SMILES string of the molecule is COCCn1cnc2cc(N3CCN(c4nccnc4C4CC4)CC3)ccc2c1=O. The van der Waals surface area contributed by atoms with Crippen LogP contribution in [0.15, 0.2) is 41.7 Å². The fourth-order valence-electron chi connectivity index (χ4n) is 4.10. The van der Waals surface area contributed by atoms with Gasteiger partial charge in [-0.3, -0.25) is 14.3 Å². The number of aromatic nitrogens is 4. The molecule has 0 radical (unpaired) electrons. The Labute approximate surface area is 175 Å². The maximum absolute atomic E-state index is 12.6. The first-order valence-corrected chi connectivity index (χ1v) is 10.5. The molecule has 1 aliphatic carbocycles. The molecule has 1 aromatic carbocycles. The maximum Gasteiger partial charge on any atom is 0.261 e. The molecule has 2 fully saturated rings. The first-order chi connectivity index (χ1) is 14.7. The van der Waals surface area contributed by atoms with E-state index in [9.17, 15) is 4.79 Å². The molecular weight excluding hydrogens is 380 g/mol. The zero-order valence-corrected chi connectivity index (χ0v) is 17.2. The van der Waals surface area contributed by atoms with Crippen LogP contribution in [0.5, 0.6) is 0 Å². The van der Waals surface area contributed by atoms with Gasteiger partial charge in [0.05, 0.1) is 36.1 Å². The summed E-state index contributed by atoms with van der Waals surface area (Å²) in [5.74, 6) is 1.64. The normalized spacial score (nSPS) is 17.0. The van der Waals surface area contributed by atoms with Crippen LogP contribution >= 0.6 is 0 Å². The lowest BCUT2D eigenvalue weighted by Crippen LogP contribution is -2.47. The van der Waals surface area contributed by atoms with E-state index in [0.29, 0.717) is 24.5 Å². The van der Waals surface area contributed by atoms with Crippen molar-refractivity contribution in [3.05, 3.63) is 53.0 Å². The van der Waals surface area contributed by atoms with Crippen molar-refractivity contribution in [2.45, 2.75) is 25.3 Å². The lowest BCUT2D eigenvalue weighted by molar-refractivity contribution is 0.186. The van der Waals surface area contributed by atoms with Crippen molar-refractivity contribution in [1.82, 2.24) is 19.5 Å². The van der Waals surface area contributed by atoms with Crippen LogP contribution in [0, 0.1) is 0 Å². The van der Waals surface area contributed by atoms with Gasteiger partial charge in [-0.1, -0.05) is 0 Å². The van der Waals surface area contributed by atoms with Gasteiger partial charge in [0.25, 0.3) is 5.56 Å². The number of nitrogens with zero attached hydrogens (tertiary/aromatic N) is 6. The molecular formula is C22H26N6O2. The van der Waals surface area contributed by atoms with Gasteiger partial charge in [-0.05, 0) is 31.0 Å². The van der Waals surface area contributed by atoms with Gasteiger partial charge in [-0.2, -0.15) is 0 Å². The van der Waals surface area contributed by atoms with Crippen molar-refractivity contribution >= 4 is 22.4 Å². The molecule has 5 rings (SSSR count). The van der Waals surface area contributed by atoms with Crippen molar-refractivity contribution in [3.8, 4) is 0 Å². The molecule has 8 nitrogen and oxygen atoms in total. The summed E-state index contributed by atoms with van der Waals surface area (Å²) >= 11 is 0. The molecule has 0 amide bonds. The van der Waals surface area contributed by atoms with Crippen LogP contribution in [0.4, 0.5) is 11.5 Å². The molecule has 30 heavy (non-hydrogen) atoms. The molecule has 8 heteroatoms. The average molecular weight is 406 g/mol. The van der Waals surface area contributed by atoms with Crippen molar-refractivity contribution in [1.29, 1.82) is 0 Å². The molecule has 3 heterocycles. The summed E-state index contributed by atoms with van der Waals surface area (Å²) < 4.78 is 6.67. The molecule has 0 N–H and O–H groups in total. The van der Waals surface area contributed by atoms with Gasteiger partial charge >= 0.3 is 0 Å². The minimum atomic E-state index is -0.0244. The lowest BCUT2D eigenvalue weighted by atomic mass is 10.2. The smallest absolute Gasteiger partial charge is 0.261 e. The Morgan fingerprint density at radius 2 is 1.80 bits per heavy atom. The van der Waals surface area contributed by atoms with Crippen LogP contribution in [-0.2, 0) is 11.3 Å². The summed E-state index contributed by atoms with van der Waals surface area (Å²) in [7, 11) is 1.63. The van der Waals surface area contributed by atoms with Crippen molar-refractivity contribution in [2.75, 3.05) is 49.7 Å². The van der Waals surface area contributed by atoms with Crippen molar-refractivity contribution in [3.63, 3.8) is 0 Å². The van der Waals surface area contributed by atoms with Crippen molar-refractivity contribution in [2.24, 2.45) is 0 Å². The minimum absolute atomic E-state index is 0.0244. The van der Waals surface area contributed by atoms with Gasteiger partial charge in [0.2, 0.25) is 0 Å². The fourth-order valence-corrected chi connectivity index (χ4v) is 4.10. The maximum atomic E-state index is 12.6. The van der Waals surface area contributed by atoms with E-state index >= 15 is 0 Å². The number of rotatable bonds is 6. The first-order valence-electron chi connectivity index (χ1n) is 10.5. The molecule has 1 aliphatic heterocycles. The van der Waals surface area contributed by atoms with E-state index in [1.54, 1.807) is 30.4 Å². The van der Waals surface area contributed by atoms with E-state index in [1.807, 2.05) is 18.2 Å². The zero-order valence-electron chi connectivity index (χ0n) is 17.2. The predicted molar refractivity (Wildman–Crippen MR) is 116 cm³/mol. The molecule has 0 atom stereocenters. The monoisotopic (exact) mass is 406 g/mol. The Bertz CT molecular complexity index is 1100. The van der Waals surface area contributed by atoms with E-state index in [4.69, 9.17) is 4.74 Å². The molecule has 3 aromatic rings. The van der Waals surface area contributed by atoms with Gasteiger partial charge in [0, 0.05) is 57.3 Å². The second-order valence-electron chi connectivity index (χ2n) is 7.95. The van der Waals surface area contributed by atoms with Gasteiger partial charge in [0.15, 0.2) is 5.82 Å². The van der Waals surface area contributed by atoms with E-state index in [-0.39, 0.29) is 5.56 Å². The zero-order chi connectivity index (χ0) is 20.5. The van der Waals surface area contributed by atoms with Crippen LogP contribution in [0.25, 0.3) is 10.9 Å². The van der Waals surface area contributed by atoms with Crippen LogP contribution in [-0.4, -0.2) is 59.4 Å². The quantitative estimate of drug-likeness (QED) is 0.620. The van der Waals surface area contributed by atoms with Gasteiger partial charge in [-0.15, -0.1) is 0 Å². The third-order valence-corrected chi connectivity index (χ3v) is 5.96. The van der Waals surface area contributed by atoms with E-state index in [1.165, 1.54) is 12.8 Å². The molecule has 1 saturated heterocycles. The summed E-state index contributed by atoms with van der Waals surface area (Å²) in [6, 6.07) is 5.94.